The number of imide groups is 1. The van der Waals surface area contributed by atoms with Gasteiger partial charge in [-0.15, -0.1) is 0 Å². The number of carbonyl (C=O) groups is 4. The third-order valence-corrected chi connectivity index (χ3v) is 6.18. The standard InChI is InChI=1S/C30H22N2O4/c1-20-11-17-24(18-12-20)31(19-32-29(35)25-9-5-6-10-26(25)30(32)36)28(34)23-15-13-22(14-16-23)27(33)21-7-3-2-4-8-21/h2-18H,19H2,1H3. The molecule has 0 unspecified atom stereocenters. The van der Waals surface area contributed by atoms with E-state index in [-0.39, 0.29) is 12.5 Å². The van der Waals surface area contributed by atoms with Gasteiger partial charge in [-0.05, 0) is 43.3 Å². The van der Waals surface area contributed by atoms with Crippen molar-refractivity contribution in [1.82, 2.24) is 4.90 Å². The first kappa shape index (κ1) is 22.9. The van der Waals surface area contributed by atoms with Crippen molar-refractivity contribution in [2.24, 2.45) is 0 Å². The van der Waals surface area contributed by atoms with Crippen molar-refractivity contribution in [2.45, 2.75) is 6.92 Å². The van der Waals surface area contributed by atoms with Crippen LogP contribution in [0.4, 0.5) is 5.69 Å². The Hall–Kier alpha value is -4.84. The summed E-state index contributed by atoms with van der Waals surface area (Å²) >= 11 is 0. The lowest BCUT2D eigenvalue weighted by atomic mass is 10.0. The lowest BCUT2D eigenvalue weighted by Crippen LogP contribution is -2.44. The zero-order valence-corrected chi connectivity index (χ0v) is 19.5. The minimum Gasteiger partial charge on any atom is -0.290 e. The number of hydrogen-bond acceptors (Lipinski definition) is 4. The quantitative estimate of drug-likeness (QED) is 0.287. The number of benzene rings is 4. The third-order valence-electron chi connectivity index (χ3n) is 6.18. The summed E-state index contributed by atoms with van der Waals surface area (Å²) in [5, 5.41) is 0. The van der Waals surface area contributed by atoms with Crippen molar-refractivity contribution >= 4 is 29.2 Å². The topological polar surface area (TPSA) is 74.8 Å². The first-order chi connectivity index (χ1) is 17.4. The zero-order chi connectivity index (χ0) is 25.2. The monoisotopic (exact) mass is 474 g/mol. The van der Waals surface area contributed by atoms with Crippen molar-refractivity contribution in [2.75, 3.05) is 11.6 Å². The van der Waals surface area contributed by atoms with Crippen LogP contribution in [0.25, 0.3) is 0 Å². The summed E-state index contributed by atoms with van der Waals surface area (Å²) in [6.45, 7) is 1.70. The van der Waals surface area contributed by atoms with Crippen LogP contribution in [0.15, 0.2) is 103 Å². The van der Waals surface area contributed by atoms with E-state index in [4.69, 9.17) is 0 Å². The van der Waals surface area contributed by atoms with Gasteiger partial charge in [0.1, 0.15) is 6.67 Å². The molecule has 0 bridgehead atoms. The predicted octanol–water partition coefficient (Wildman–Crippen LogP) is 5.13. The minimum absolute atomic E-state index is 0.143. The van der Waals surface area contributed by atoms with Gasteiger partial charge in [0.2, 0.25) is 0 Å². The molecule has 0 aromatic heterocycles. The Labute approximate surface area is 208 Å². The SMILES string of the molecule is Cc1ccc(N(CN2C(=O)c3ccccc3C2=O)C(=O)c2ccc(C(=O)c3ccccc3)cc2)cc1. The van der Waals surface area contributed by atoms with E-state index in [2.05, 4.69) is 0 Å². The molecule has 1 aliphatic rings. The molecule has 6 heteroatoms. The number of ketones is 1. The van der Waals surface area contributed by atoms with Crippen molar-refractivity contribution in [3.8, 4) is 0 Å². The highest BCUT2D eigenvalue weighted by atomic mass is 16.2. The minimum atomic E-state index is -0.440. The first-order valence-corrected chi connectivity index (χ1v) is 11.5. The average Bonchev–Trinajstić information content (AvgIpc) is 3.17. The van der Waals surface area contributed by atoms with E-state index in [1.54, 1.807) is 84.9 Å². The third kappa shape index (κ3) is 4.20. The molecule has 36 heavy (non-hydrogen) atoms. The van der Waals surface area contributed by atoms with Crippen LogP contribution in [0, 0.1) is 6.92 Å². The molecule has 176 valence electrons. The molecule has 0 fully saturated rings. The van der Waals surface area contributed by atoms with E-state index in [1.165, 1.54) is 4.90 Å². The van der Waals surface area contributed by atoms with E-state index < -0.39 is 17.7 Å². The molecule has 4 aromatic rings. The van der Waals surface area contributed by atoms with Gasteiger partial charge in [-0.25, -0.2) is 0 Å². The molecule has 0 N–H and O–H groups in total. The van der Waals surface area contributed by atoms with Gasteiger partial charge in [-0.1, -0.05) is 72.3 Å². The van der Waals surface area contributed by atoms with Crippen LogP contribution < -0.4 is 4.90 Å². The summed E-state index contributed by atoms with van der Waals surface area (Å²) in [4.78, 5) is 54.8. The predicted molar refractivity (Wildman–Crippen MR) is 136 cm³/mol. The molecule has 1 heterocycles. The van der Waals surface area contributed by atoms with Gasteiger partial charge in [0.25, 0.3) is 17.7 Å². The highest BCUT2D eigenvalue weighted by Gasteiger charge is 2.37. The Balaban J connectivity index is 1.45. The van der Waals surface area contributed by atoms with E-state index >= 15 is 0 Å². The van der Waals surface area contributed by atoms with Crippen LogP contribution in [0.1, 0.15) is 52.6 Å². The summed E-state index contributed by atoms with van der Waals surface area (Å²) in [7, 11) is 0. The number of rotatable bonds is 6. The van der Waals surface area contributed by atoms with Gasteiger partial charge < -0.3 is 0 Å². The van der Waals surface area contributed by atoms with Crippen molar-refractivity contribution in [1.29, 1.82) is 0 Å². The van der Waals surface area contributed by atoms with Crippen LogP contribution >= 0.6 is 0 Å². The Bertz CT molecular complexity index is 1440. The van der Waals surface area contributed by atoms with Crippen LogP contribution in [0.5, 0.6) is 0 Å². The summed E-state index contributed by atoms with van der Waals surface area (Å²) < 4.78 is 0. The summed E-state index contributed by atoms with van der Waals surface area (Å²) in [5.74, 6) is -1.42. The van der Waals surface area contributed by atoms with Gasteiger partial charge in [0.05, 0.1) is 11.1 Å². The number of nitrogens with zero attached hydrogens (tertiary/aromatic N) is 2. The molecule has 0 radical (unpaired) electrons. The van der Waals surface area contributed by atoms with Gasteiger partial charge in [0.15, 0.2) is 5.78 Å². The van der Waals surface area contributed by atoms with Crippen molar-refractivity contribution in [3.05, 3.63) is 137 Å². The molecule has 4 aromatic carbocycles. The number of amides is 3. The smallest absolute Gasteiger partial charge is 0.263 e. The van der Waals surface area contributed by atoms with Gasteiger partial charge >= 0.3 is 0 Å². The number of aryl methyl sites for hydroxylation is 1. The van der Waals surface area contributed by atoms with Gasteiger partial charge in [0, 0.05) is 22.4 Å². The lowest BCUT2D eigenvalue weighted by molar-refractivity contribution is 0.0650. The molecule has 0 atom stereocenters. The average molecular weight is 475 g/mol. The van der Waals surface area contributed by atoms with Crippen molar-refractivity contribution in [3.63, 3.8) is 0 Å². The molecule has 0 saturated carbocycles. The molecule has 0 saturated heterocycles. The van der Waals surface area contributed by atoms with E-state index in [9.17, 15) is 19.2 Å². The normalized spacial score (nSPS) is 12.4. The highest BCUT2D eigenvalue weighted by Crippen LogP contribution is 2.26. The molecular weight excluding hydrogens is 452 g/mol. The van der Waals surface area contributed by atoms with E-state index in [0.29, 0.717) is 33.5 Å². The second-order valence-corrected chi connectivity index (χ2v) is 8.57. The number of carbonyl (C=O) groups excluding carboxylic acids is 4. The fraction of sp³-hybridized carbons (Fsp3) is 0.0667. The summed E-state index contributed by atoms with van der Waals surface area (Å²) in [6.07, 6.45) is 0. The number of hydrogen-bond donors (Lipinski definition) is 0. The second-order valence-electron chi connectivity index (χ2n) is 8.57. The second kappa shape index (κ2) is 9.43. The first-order valence-electron chi connectivity index (χ1n) is 11.5. The maximum atomic E-state index is 13.6. The Morgan fingerprint density at radius 1 is 0.639 bits per heavy atom. The Morgan fingerprint density at radius 3 is 1.72 bits per heavy atom. The number of anilines is 1. The molecule has 3 amide bonds. The Kier molecular flexibility index (Phi) is 6.00. The number of fused-ring (bicyclic) bond motifs is 1. The van der Waals surface area contributed by atoms with Gasteiger partial charge in [-0.2, -0.15) is 0 Å². The molecule has 1 aliphatic heterocycles. The molecule has 0 aliphatic carbocycles. The molecular formula is C30H22N2O4. The summed E-state index contributed by atoms with van der Waals surface area (Å²) in [6, 6.07) is 29.2. The zero-order valence-electron chi connectivity index (χ0n) is 19.5. The lowest BCUT2D eigenvalue weighted by Gasteiger charge is -2.27. The fourth-order valence-electron chi connectivity index (χ4n) is 4.17. The maximum absolute atomic E-state index is 13.6. The molecule has 0 spiro atoms. The Morgan fingerprint density at radius 2 is 1.14 bits per heavy atom. The van der Waals surface area contributed by atoms with Crippen LogP contribution in [0.3, 0.4) is 0 Å². The largest absolute Gasteiger partial charge is 0.290 e. The van der Waals surface area contributed by atoms with Crippen LogP contribution in [-0.4, -0.2) is 35.1 Å². The fourth-order valence-corrected chi connectivity index (χ4v) is 4.17. The highest BCUT2D eigenvalue weighted by molar-refractivity contribution is 6.22. The van der Waals surface area contributed by atoms with Crippen molar-refractivity contribution < 1.29 is 19.2 Å². The van der Waals surface area contributed by atoms with Gasteiger partial charge in [-0.3, -0.25) is 29.0 Å². The molecule has 6 nitrogen and oxygen atoms in total. The maximum Gasteiger partial charge on any atom is 0.263 e. The van der Waals surface area contributed by atoms with Crippen LogP contribution in [-0.2, 0) is 0 Å². The van der Waals surface area contributed by atoms with E-state index in [1.807, 2.05) is 25.1 Å². The summed E-state index contributed by atoms with van der Waals surface area (Å²) in [5.41, 5.74) is 3.55. The molecule has 5 rings (SSSR count). The van der Waals surface area contributed by atoms with E-state index in [0.717, 1.165) is 10.5 Å². The van der Waals surface area contributed by atoms with Crippen LogP contribution in [0.2, 0.25) is 0 Å².